The number of rotatable bonds is 4. The predicted molar refractivity (Wildman–Crippen MR) is 93.4 cm³/mol. The standard InChI is InChI=1S/C15H12N6O3S2/c16-10-5-3-4-9(8-10)14(25-15-17-19-20-18-15)21-13(22)11-6-1-2-7-12(11)26(21,23)24/h1-8,14H,16H2,(H,17,18,19,20). The second-order valence-corrected chi connectivity index (χ2v) is 8.27. The minimum absolute atomic E-state index is 0.0207. The first kappa shape index (κ1) is 16.5. The number of hydrogen-bond acceptors (Lipinski definition) is 8. The van der Waals surface area contributed by atoms with E-state index >= 15 is 0 Å². The second-order valence-electron chi connectivity index (χ2n) is 5.44. The molecule has 2 heterocycles. The van der Waals surface area contributed by atoms with Crippen LogP contribution in [-0.4, -0.2) is 39.3 Å². The smallest absolute Gasteiger partial charge is 0.270 e. The number of tetrazole rings is 1. The van der Waals surface area contributed by atoms with Gasteiger partial charge in [0.05, 0.1) is 5.56 Å². The molecule has 1 atom stereocenters. The van der Waals surface area contributed by atoms with Gasteiger partial charge in [0.25, 0.3) is 15.9 Å². The minimum Gasteiger partial charge on any atom is -0.399 e. The lowest BCUT2D eigenvalue weighted by Crippen LogP contribution is -2.32. The number of anilines is 1. The van der Waals surface area contributed by atoms with Crippen LogP contribution in [0, 0.1) is 0 Å². The predicted octanol–water partition coefficient (Wildman–Crippen LogP) is 1.42. The number of aromatic nitrogens is 4. The molecule has 0 spiro atoms. The molecule has 1 unspecified atom stereocenters. The SMILES string of the molecule is Nc1cccc(C(Sc2nn[nH]n2)N2C(=O)c3ccccc3S2(=O)=O)c1. The van der Waals surface area contributed by atoms with Gasteiger partial charge in [-0.2, -0.15) is 5.21 Å². The van der Waals surface area contributed by atoms with E-state index in [9.17, 15) is 13.2 Å². The third-order valence-corrected chi connectivity index (χ3v) is 6.84. The zero-order valence-electron chi connectivity index (χ0n) is 13.1. The zero-order valence-corrected chi connectivity index (χ0v) is 14.7. The highest BCUT2D eigenvalue weighted by Crippen LogP contribution is 2.44. The molecule has 0 saturated carbocycles. The molecule has 3 aromatic rings. The fourth-order valence-corrected chi connectivity index (χ4v) is 5.61. The van der Waals surface area contributed by atoms with Crippen molar-refractivity contribution in [3.05, 3.63) is 59.7 Å². The molecule has 3 N–H and O–H groups in total. The number of sulfonamides is 1. The number of nitrogen functional groups attached to an aromatic ring is 1. The molecule has 26 heavy (non-hydrogen) atoms. The van der Waals surface area contributed by atoms with Crippen molar-refractivity contribution in [3.63, 3.8) is 0 Å². The van der Waals surface area contributed by atoms with Crippen LogP contribution in [0.25, 0.3) is 0 Å². The normalized spacial score (nSPS) is 16.5. The quantitative estimate of drug-likeness (QED) is 0.506. The highest BCUT2D eigenvalue weighted by molar-refractivity contribution is 8.00. The maximum absolute atomic E-state index is 13.0. The van der Waals surface area contributed by atoms with Gasteiger partial charge >= 0.3 is 0 Å². The van der Waals surface area contributed by atoms with Gasteiger partial charge in [-0.05, 0) is 35.0 Å². The summed E-state index contributed by atoms with van der Waals surface area (Å²) >= 11 is 0.985. The van der Waals surface area contributed by atoms with Crippen LogP contribution in [0.5, 0.6) is 0 Å². The highest BCUT2D eigenvalue weighted by Gasteiger charge is 2.46. The molecule has 0 fully saturated rings. The van der Waals surface area contributed by atoms with Crippen molar-refractivity contribution >= 4 is 33.4 Å². The van der Waals surface area contributed by atoms with Crippen LogP contribution in [0.1, 0.15) is 21.3 Å². The lowest BCUT2D eigenvalue weighted by molar-refractivity contribution is 0.0862. The third kappa shape index (κ3) is 2.61. The summed E-state index contributed by atoms with van der Waals surface area (Å²) in [6.07, 6.45) is 0. The van der Waals surface area contributed by atoms with Crippen LogP contribution in [0.3, 0.4) is 0 Å². The molecule has 9 nitrogen and oxygen atoms in total. The molecule has 4 rings (SSSR count). The first-order valence-electron chi connectivity index (χ1n) is 7.42. The van der Waals surface area contributed by atoms with Crippen molar-refractivity contribution in [2.45, 2.75) is 15.4 Å². The molecule has 1 aromatic heterocycles. The Labute approximate surface area is 152 Å². The zero-order chi connectivity index (χ0) is 18.3. The summed E-state index contributed by atoms with van der Waals surface area (Å²) in [7, 11) is -4.02. The van der Waals surface area contributed by atoms with Crippen LogP contribution >= 0.6 is 11.8 Å². The first-order chi connectivity index (χ1) is 12.5. The van der Waals surface area contributed by atoms with E-state index in [1.54, 1.807) is 36.4 Å². The number of benzene rings is 2. The Morgan fingerprint density at radius 3 is 2.65 bits per heavy atom. The molecule has 2 aromatic carbocycles. The molecule has 0 bridgehead atoms. The topological polar surface area (TPSA) is 135 Å². The molecule has 1 aliphatic rings. The summed E-state index contributed by atoms with van der Waals surface area (Å²) in [5.41, 5.74) is 6.96. The molecule has 132 valence electrons. The number of aromatic amines is 1. The molecule has 1 aliphatic heterocycles. The summed E-state index contributed by atoms with van der Waals surface area (Å²) < 4.78 is 26.9. The van der Waals surface area contributed by atoms with Crippen LogP contribution in [-0.2, 0) is 10.0 Å². The van der Waals surface area contributed by atoms with Gasteiger partial charge in [0.15, 0.2) is 0 Å². The Kier molecular flexibility index (Phi) is 3.89. The maximum Gasteiger partial charge on any atom is 0.270 e. The van der Waals surface area contributed by atoms with E-state index in [-0.39, 0.29) is 15.6 Å². The van der Waals surface area contributed by atoms with Crippen LogP contribution in [0.2, 0.25) is 0 Å². The highest BCUT2D eigenvalue weighted by atomic mass is 32.2. The van der Waals surface area contributed by atoms with Crippen LogP contribution in [0.4, 0.5) is 5.69 Å². The summed E-state index contributed by atoms with van der Waals surface area (Å²) in [5, 5.41) is 12.8. The molecule has 11 heteroatoms. The van der Waals surface area contributed by atoms with Crippen molar-refractivity contribution in [2.75, 3.05) is 5.73 Å². The summed E-state index contributed by atoms with van der Waals surface area (Å²) in [4.78, 5) is 12.9. The fraction of sp³-hybridized carbons (Fsp3) is 0.0667. The number of nitrogens with zero attached hydrogens (tertiary/aromatic N) is 4. The monoisotopic (exact) mass is 388 g/mol. The van der Waals surface area contributed by atoms with Crippen LogP contribution < -0.4 is 5.73 Å². The van der Waals surface area contributed by atoms with E-state index in [2.05, 4.69) is 20.6 Å². The van der Waals surface area contributed by atoms with E-state index < -0.39 is 21.3 Å². The van der Waals surface area contributed by atoms with E-state index in [1.165, 1.54) is 12.1 Å². The number of H-pyrrole nitrogens is 1. The third-order valence-electron chi connectivity index (χ3n) is 3.81. The number of amides is 1. The Hall–Kier alpha value is -2.92. The lowest BCUT2D eigenvalue weighted by atomic mass is 10.1. The summed E-state index contributed by atoms with van der Waals surface area (Å²) in [5.74, 6) is -0.607. The van der Waals surface area contributed by atoms with Crippen molar-refractivity contribution in [1.82, 2.24) is 24.9 Å². The summed E-state index contributed by atoms with van der Waals surface area (Å²) in [6.45, 7) is 0. The van der Waals surface area contributed by atoms with Gasteiger partial charge in [-0.25, -0.2) is 12.7 Å². The van der Waals surface area contributed by atoms with Gasteiger partial charge in [0.2, 0.25) is 5.16 Å². The first-order valence-corrected chi connectivity index (χ1v) is 9.74. The van der Waals surface area contributed by atoms with Gasteiger partial charge in [-0.15, -0.1) is 10.2 Å². The van der Waals surface area contributed by atoms with E-state index in [4.69, 9.17) is 5.73 Å². The Balaban J connectivity index is 1.86. The van der Waals surface area contributed by atoms with E-state index in [0.717, 1.165) is 16.1 Å². The Morgan fingerprint density at radius 2 is 1.96 bits per heavy atom. The summed E-state index contributed by atoms with van der Waals surface area (Å²) in [6, 6.07) is 12.8. The average molecular weight is 388 g/mol. The molecule has 0 saturated heterocycles. The molecular weight excluding hydrogens is 376 g/mol. The van der Waals surface area contributed by atoms with Gasteiger partial charge in [0, 0.05) is 5.69 Å². The number of thioether (sulfide) groups is 1. The molecule has 1 amide bonds. The minimum atomic E-state index is -4.02. The van der Waals surface area contributed by atoms with Crippen molar-refractivity contribution in [1.29, 1.82) is 0 Å². The number of carbonyl (C=O) groups excluding carboxylic acids is 1. The maximum atomic E-state index is 13.0. The Bertz CT molecular complexity index is 1080. The fourth-order valence-electron chi connectivity index (χ4n) is 2.70. The molecule has 0 aliphatic carbocycles. The number of carbonyl (C=O) groups is 1. The van der Waals surface area contributed by atoms with Crippen molar-refractivity contribution in [2.24, 2.45) is 0 Å². The van der Waals surface area contributed by atoms with Gasteiger partial charge in [-0.1, -0.05) is 36.0 Å². The van der Waals surface area contributed by atoms with Crippen LogP contribution in [0.15, 0.2) is 58.6 Å². The number of nitrogens with two attached hydrogens (primary N) is 1. The number of hydrogen-bond donors (Lipinski definition) is 2. The largest absolute Gasteiger partial charge is 0.399 e. The molecule has 0 radical (unpaired) electrons. The Morgan fingerprint density at radius 1 is 1.15 bits per heavy atom. The van der Waals surface area contributed by atoms with E-state index in [0.29, 0.717) is 11.3 Å². The molecular formula is C15H12N6O3S2. The number of nitrogens with one attached hydrogen (secondary N) is 1. The average Bonchev–Trinajstić information content (AvgIpc) is 3.20. The van der Waals surface area contributed by atoms with Crippen molar-refractivity contribution < 1.29 is 13.2 Å². The van der Waals surface area contributed by atoms with Gasteiger partial charge < -0.3 is 5.73 Å². The van der Waals surface area contributed by atoms with Crippen molar-refractivity contribution in [3.8, 4) is 0 Å². The van der Waals surface area contributed by atoms with E-state index in [1.807, 2.05) is 0 Å². The lowest BCUT2D eigenvalue weighted by Gasteiger charge is -2.25. The van der Waals surface area contributed by atoms with Gasteiger partial charge in [-0.3, -0.25) is 4.79 Å². The number of fused-ring (bicyclic) bond motifs is 1. The van der Waals surface area contributed by atoms with Gasteiger partial charge in [0.1, 0.15) is 10.3 Å². The second kappa shape index (κ2) is 6.11.